The van der Waals surface area contributed by atoms with Gasteiger partial charge in [-0.25, -0.2) is 4.98 Å². The zero-order valence-corrected chi connectivity index (χ0v) is 4.43. The topological polar surface area (TPSA) is 26.0 Å². The summed E-state index contributed by atoms with van der Waals surface area (Å²) in [6.45, 7) is 1.83. The molecule has 1 aromatic heterocycles. The smallest absolute Gasteiger partial charge is 0.189 e. The fourth-order valence-electron chi connectivity index (χ4n) is 0.467. The largest absolute Gasteiger partial charge is 0.457 e. The summed E-state index contributed by atoms with van der Waals surface area (Å²) < 4.78 is 4.97. The summed E-state index contributed by atoms with van der Waals surface area (Å²) in [5, 5.41) is 0. The molecular formula is C4H6BNO. The molecule has 0 radical (unpaired) electrons. The molecule has 0 fully saturated rings. The van der Waals surface area contributed by atoms with Crippen LogP contribution in [0.2, 0.25) is 0 Å². The Kier molecular flexibility index (Phi) is 0.892. The molecule has 0 bridgehead atoms. The zero-order valence-electron chi connectivity index (χ0n) is 4.43. The number of aryl methyl sites for hydroxylation is 1. The van der Waals surface area contributed by atoms with Crippen LogP contribution >= 0.6 is 0 Å². The fourth-order valence-corrected chi connectivity index (χ4v) is 0.467. The van der Waals surface area contributed by atoms with Crippen LogP contribution in [0.4, 0.5) is 0 Å². The lowest BCUT2D eigenvalue weighted by atomic mass is 10.1. The van der Waals surface area contributed by atoms with E-state index in [1.54, 1.807) is 6.20 Å². The molecule has 0 saturated heterocycles. The summed E-state index contributed by atoms with van der Waals surface area (Å²) in [7, 11) is 1.88. The van der Waals surface area contributed by atoms with Gasteiger partial charge in [-0.15, -0.1) is 0 Å². The Bertz CT molecular complexity index is 144. The van der Waals surface area contributed by atoms with Gasteiger partial charge in [0.25, 0.3) is 0 Å². The Morgan fingerprint density at radius 2 is 2.57 bits per heavy atom. The highest BCUT2D eigenvalue weighted by Gasteiger charge is 1.87. The van der Waals surface area contributed by atoms with Gasteiger partial charge in [-0.2, -0.15) is 0 Å². The summed E-state index contributed by atoms with van der Waals surface area (Å²) in [6.07, 6.45) is 1.70. The molecule has 0 aliphatic carbocycles. The van der Waals surface area contributed by atoms with Gasteiger partial charge >= 0.3 is 0 Å². The molecule has 0 saturated carbocycles. The first kappa shape index (κ1) is 4.43. The zero-order chi connectivity index (χ0) is 5.28. The highest BCUT2D eigenvalue weighted by molar-refractivity contribution is 6.29. The van der Waals surface area contributed by atoms with E-state index in [-0.39, 0.29) is 0 Å². The number of nitrogens with zero attached hydrogens (tertiary/aromatic N) is 1. The van der Waals surface area contributed by atoms with E-state index in [0.29, 0.717) is 0 Å². The maximum Gasteiger partial charge on any atom is 0.189 e. The molecule has 0 aliphatic heterocycles. The molecular weight excluding hydrogens is 88.9 g/mol. The quantitative estimate of drug-likeness (QED) is 0.396. The molecule has 0 unspecified atom stereocenters. The van der Waals surface area contributed by atoms with Crippen molar-refractivity contribution in [3.05, 3.63) is 12.1 Å². The van der Waals surface area contributed by atoms with E-state index in [4.69, 9.17) is 4.42 Å². The molecule has 0 atom stereocenters. The van der Waals surface area contributed by atoms with Crippen LogP contribution in [0.3, 0.4) is 0 Å². The van der Waals surface area contributed by atoms with Crippen molar-refractivity contribution in [2.45, 2.75) is 6.92 Å². The SMILES string of the molecule is Bc1cnc(C)o1. The van der Waals surface area contributed by atoms with Crippen molar-refractivity contribution in [2.75, 3.05) is 0 Å². The maximum absolute atomic E-state index is 4.97. The third kappa shape index (κ3) is 0.826. The minimum absolute atomic E-state index is 0.734. The second-order valence-electron chi connectivity index (χ2n) is 1.49. The van der Waals surface area contributed by atoms with Gasteiger partial charge in [0.15, 0.2) is 13.7 Å². The second kappa shape index (κ2) is 1.41. The van der Waals surface area contributed by atoms with Crippen molar-refractivity contribution in [1.29, 1.82) is 0 Å². The first-order valence-corrected chi connectivity index (χ1v) is 2.18. The summed E-state index contributed by atoms with van der Waals surface area (Å²) in [6, 6.07) is 0. The van der Waals surface area contributed by atoms with Gasteiger partial charge in [0.2, 0.25) is 0 Å². The highest BCUT2D eigenvalue weighted by Crippen LogP contribution is 1.83. The van der Waals surface area contributed by atoms with Crippen molar-refractivity contribution in [2.24, 2.45) is 0 Å². The monoisotopic (exact) mass is 95.1 g/mol. The lowest BCUT2D eigenvalue weighted by Crippen LogP contribution is -1.93. The van der Waals surface area contributed by atoms with Crippen LogP contribution in [0, 0.1) is 6.92 Å². The average Bonchev–Trinajstić information content (AvgIpc) is 1.87. The highest BCUT2D eigenvalue weighted by atomic mass is 16.3. The number of aromatic nitrogens is 1. The minimum Gasteiger partial charge on any atom is -0.457 e. The van der Waals surface area contributed by atoms with E-state index in [1.165, 1.54) is 0 Å². The van der Waals surface area contributed by atoms with Crippen LogP contribution < -0.4 is 5.66 Å². The number of rotatable bonds is 0. The minimum atomic E-state index is 0.734. The average molecular weight is 94.9 g/mol. The van der Waals surface area contributed by atoms with Gasteiger partial charge in [-0.3, -0.25) is 0 Å². The fraction of sp³-hybridized carbons (Fsp3) is 0.250. The molecule has 1 aromatic rings. The Labute approximate surface area is 43.0 Å². The lowest BCUT2D eigenvalue weighted by Gasteiger charge is -1.73. The normalized spacial score (nSPS) is 9.29. The van der Waals surface area contributed by atoms with Crippen molar-refractivity contribution in [3.8, 4) is 0 Å². The molecule has 2 nitrogen and oxygen atoms in total. The summed E-state index contributed by atoms with van der Waals surface area (Å²) in [5.74, 6) is 0.734. The molecule has 0 aliphatic rings. The van der Waals surface area contributed by atoms with E-state index in [0.717, 1.165) is 11.6 Å². The molecule has 0 spiro atoms. The summed E-state index contributed by atoms with van der Waals surface area (Å²) in [5.41, 5.74) is 0.873. The first-order chi connectivity index (χ1) is 3.29. The Morgan fingerprint density at radius 1 is 1.86 bits per heavy atom. The Morgan fingerprint density at radius 3 is 2.71 bits per heavy atom. The van der Waals surface area contributed by atoms with Crippen molar-refractivity contribution >= 4 is 13.5 Å². The van der Waals surface area contributed by atoms with Crippen molar-refractivity contribution < 1.29 is 4.42 Å². The number of hydrogen-bond donors (Lipinski definition) is 0. The van der Waals surface area contributed by atoms with E-state index >= 15 is 0 Å². The van der Waals surface area contributed by atoms with Crippen LogP contribution in [0.15, 0.2) is 10.6 Å². The maximum atomic E-state index is 4.97. The summed E-state index contributed by atoms with van der Waals surface area (Å²) >= 11 is 0. The molecule has 0 amide bonds. The molecule has 1 heterocycles. The lowest BCUT2D eigenvalue weighted by molar-refractivity contribution is 0.550. The van der Waals surface area contributed by atoms with Gasteiger partial charge in [0.1, 0.15) is 0 Å². The van der Waals surface area contributed by atoms with Crippen molar-refractivity contribution in [3.63, 3.8) is 0 Å². The van der Waals surface area contributed by atoms with Gasteiger partial charge in [-0.05, 0) is 0 Å². The molecule has 36 valence electrons. The van der Waals surface area contributed by atoms with Crippen LogP contribution in [0.5, 0.6) is 0 Å². The molecule has 0 N–H and O–H groups in total. The second-order valence-corrected chi connectivity index (χ2v) is 1.49. The third-order valence-corrected chi connectivity index (χ3v) is 0.737. The van der Waals surface area contributed by atoms with Crippen LogP contribution in [-0.4, -0.2) is 12.8 Å². The van der Waals surface area contributed by atoms with E-state index in [1.807, 2.05) is 14.8 Å². The molecule has 1 rings (SSSR count). The van der Waals surface area contributed by atoms with E-state index < -0.39 is 0 Å². The van der Waals surface area contributed by atoms with Crippen LogP contribution in [0.1, 0.15) is 5.89 Å². The molecule has 0 aromatic carbocycles. The molecule has 3 heteroatoms. The van der Waals surface area contributed by atoms with Gasteiger partial charge in [0, 0.05) is 6.92 Å². The third-order valence-electron chi connectivity index (χ3n) is 0.737. The predicted octanol–water partition coefficient (Wildman–Crippen LogP) is -0.759. The van der Waals surface area contributed by atoms with Gasteiger partial charge < -0.3 is 4.42 Å². The standard InChI is InChI=1S/C4H6BNO/c1-3-6-2-4(5)7-3/h2H,5H2,1H3. The van der Waals surface area contributed by atoms with Gasteiger partial charge in [-0.1, -0.05) is 0 Å². The summed E-state index contributed by atoms with van der Waals surface area (Å²) in [4.78, 5) is 3.85. The number of hydrogen-bond acceptors (Lipinski definition) is 2. The van der Waals surface area contributed by atoms with E-state index in [9.17, 15) is 0 Å². The first-order valence-electron chi connectivity index (χ1n) is 2.18. The van der Waals surface area contributed by atoms with Gasteiger partial charge in [0.05, 0.1) is 11.9 Å². The Hall–Kier alpha value is -0.725. The van der Waals surface area contributed by atoms with Crippen LogP contribution in [0.25, 0.3) is 0 Å². The van der Waals surface area contributed by atoms with Crippen LogP contribution in [-0.2, 0) is 0 Å². The number of oxazole rings is 1. The Balaban J connectivity index is 3.04. The van der Waals surface area contributed by atoms with E-state index in [2.05, 4.69) is 4.98 Å². The molecule has 7 heavy (non-hydrogen) atoms. The predicted molar refractivity (Wildman–Crippen MR) is 29.4 cm³/mol. The van der Waals surface area contributed by atoms with Crippen molar-refractivity contribution in [1.82, 2.24) is 4.98 Å².